The maximum absolute atomic E-state index is 13.2. The number of nitrogens with one attached hydrogen (secondary N) is 1. The Hall–Kier alpha value is -2.04. The van der Waals surface area contributed by atoms with Gasteiger partial charge in [0.2, 0.25) is 0 Å². The molecule has 0 saturated heterocycles. The van der Waals surface area contributed by atoms with Crippen LogP contribution in [0.3, 0.4) is 0 Å². The molecule has 4 nitrogen and oxygen atoms in total. The lowest BCUT2D eigenvalue weighted by molar-refractivity contribution is 0.591. The Morgan fingerprint density at radius 1 is 1.44 bits per heavy atom. The molecule has 0 fully saturated rings. The molecule has 0 aliphatic rings. The minimum absolute atomic E-state index is 0.269. The van der Waals surface area contributed by atoms with Crippen molar-refractivity contribution in [2.45, 2.75) is 19.9 Å². The summed E-state index contributed by atoms with van der Waals surface area (Å²) in [5, 5.41) is 7.33. The molecule has 2 rings (SSSR count). The highest BCUT2D eigenvalue weighted by atomic mass is 19.1. The summed E-state index contributed by atoms with van der Waals surface area (Å²) in [4.78, 5) is 0. The van der Waals surface area contributed by atoms with Gasteiger partial charge >= 0.3 is 0 Å². The molecule has 0 bridgehead atoms. The molecule has 0 unspecified atom stereocenters. The highest BCUT2D eigenvalue weighted by molar-refractivity contribution is 5.67. The first-order valence-electron chi connectivity index (χ1n) is 5.94. The van der Waals surface area contributed by atoms with Crippen molar-refractivity contribution in [3.63, 3.8) is 0 Å². The third-order valence-electron chi connectivity index (χ3n) is 2.77. The molecule has 0 saturated carbocycles. The first kappa shape index (κ1) is 12.4. The first-order chi connectivity index (χ1) is 8.66. The fourth-order valence-corrected chi connectivity index (χ4v) is 1.75. The van der Waals surface area contributed by atoms with Crippen molar-refractivity contribution >= 4 is 11.4 Å². The SMILES string of the molecule is Cc1cc(NCCCn2cccn2)c(N)cc1F. The fourth-order valence-electron chi connectivity index (χ4n) is 1.75. The number of anilines is 2. The summed E-state index contributed by atoms with van der Waals surface area (Å²) in [6.45, 7) is 3.35. The summed E-state index contributed by atoms with van der Waals surface area (Å²) < 4.78 is 15.1. The molecule has 96 valence electrons. The van der Waals surface area contributed by atoms with Crippen molar-refractivity contribution in [1.29, 1.82) is 0 Å². The van der Waals surface area contributed by atoms with Gasteiger partial charge in [0.15, 0.2) is 0 Å². The number of aryl methyl sites for hydroxylation is 2. The van der Waals surface area contributed by atoms with E-state index in [2.05, 4.69) is 10.4 Å². The number of hydrogen-bond acceptors (Lipinski definition) is 3. The quantitative estimate of drug-likeness (QED) is 0.631. The Bertz CT molecular complexity index is 508. The molecule has 0 spiro atoms. The minimum atomic E-state index is -0.269. The van der Waals surface area contributed by atoms with Crippen molar-refractivity contribution < 1.29 is 4.39 Å². The molecule has 1 heterocycles. The molecule has 2 aromatic rings. The molecule has 0 atom stereocenters. The van der Waals surface area contributed by atoms with E-state index in [-0.39, 0.29) is 5.82 Å². The van der Waals surface area contributed by atoms with Crippen LogP contribution in [-0.2, 0) is 6.54 Å². The van der Waals surface area contributed by atoms with Gasteiger partial charge in [-0.25, -0.2) is 4.39 Å². The van der Waals surface area contributed by atoms with Crippen molar-refractivity contribution in [2.24, 2.45) is 0 Å². The number of halogens is 1. The molecule has 18 heavy (non-hydrogen) atoms. The molecule has 0 aliphatic carbocycles. The van der Waals surface area contributed by atoms with Crippen LogP contribution in [0.1, 0.15) is 12.0 Å². The zero-order valence-electron chi connectivity index (χ0n) is 10.4. The molecule has 0 aliphatic heterocycles. The summed E-state index contributed by atoms with van der Waals surface area (Å²) in [5.74, 6) is -0.269. The van der Waals surface area contributed by atoms with Gasteiger partial charge in [-0.1, -0.05) is 0 Å². The normalized spacial score (nSPS) is 10.6. The average molecular weight is 248 g/mol. The van der Waals surface area contributed by atoms with Gasteiger partial charge in [0, 0.05) is 25.5 Å². The standard InChI is InChI=1S/C13H17FN4/c1-10-8-13(12(15)9-11(10)14)16-4-2-6-18-7-3-5-17-18/h3,5,7-9,16H,2,4,6,15H2,1H3. The fraction of sp³-hybridized carbons (Fsp3) is 0.308. The van der Waals surface area contributed by atoms with Gasteiger partial charge in [0.25, 0.3) is 0 Å². The molecule has 5 heteroatoms. The van der Waals surface area contributed by atoms with E-state index in [1.807, 2.05) is 16.9 Å². The summed E-state index contributed by atoms with van der Waals surface area (Å²) in [6.07, 6.45) is 4.61. The van der Waals surface area contributed by atoms with Gasteiger partial charge in [0.05, 0.1) is 11.4 Å². The van der Waals surface area contributed by atoms with Crippen LogP contribution in [0.4, 0.5) is 15.8 Å². The van der Waals surface area contributed by atoms with Gasteiger partial charge in [-0.15, -0.1) is 0 Å². The van der Waals surface area contributed by atoms with E-state index >= 15 is 0 Å². The van der Waals surface area contributed by atoms with Crippen molar-refractivity contribution in [3.05, 3.63) is 42.0 Å². The molecular formula is C13H17FN4. The maximum Gasteiger partial charge on any atom is 0.128 e. The Morgan fingerprint density at radius 2 is 2.28 bits per heavy atom. The van der Waals surface area contributed by atoms with E-state index in [1.54, 1.807) is 19.2 Å². The lowest BCUT2D eigenvalue weighted by Crippen LogP contribution is -2.08. The van der Waals surface area contributed by atoms with Gasteiger partial charge < -0.3 is 11.1 Å². The van der Waals surface area contributed by atoms with Crippen LogP contribution in [0, 0.1) is 12.7 Å². The Morgan fingerprint density at radius 3 is 3.00 bits per heavy atom. The summed E-state index contributed by atoms with van der Waals surface area (Å²) in [5.41, 5.74) is 7.57. The highest BCUT2D eigenvalue weighted by Gasteiger charge is 2.04. The number of hydrogen-bond donors (Lipinski definition) is 2. The molecular weight excluding hydrogens is 231 g/mol. The molecule has 3 N–H and O–H groups in total. The summed E-state index contributed by atoms with van der Waals surface area (Å²) in [6, 6.07) is 4.98. The second-order valence-electron chi connectivity index (χ2n) is 4.24. The second-order valence-corrected chi connectivity index (χ2v) is 4.24. The van der Waals surface area contributed by atoms with Gasteiger partial charge in [-0.05, 0) is 37.1 Å². The molecule has 0 amide bonds. The number of nitrogens with two attached hydrogens (primary N) is 1. The van der Waals surface area contributed by atoms with E-state index in [0.29, 0.717) is 11.3 Å². The Kier molecular flexibility index (Phi) is 3.82. The largest absolute Gasteiger partial charge is 0.397 e. The lowest BCUT2D eigenvalue weighted by Gasteiger charge is -2.10. The minimum Gasteiger partial charge on any atom is -0.397 e. The first-order valence-corrected chi connectivity index (χ1v) is 5.94. The zero-order chi connectivity index (χ0) is 13.0. The van der Waals surface area contributed by atoms with Crippen LogP contribution in [0.5, 0.6) is 0 Å². The van der Waals surface area contributed by atoms with Gasteiger partial charge in [-0.2, -0.15) is 5.10 Å². The van der Waals surface area contributed by atoms with Gasteiger partial charge in [0.1, 0.15) is 5.82 Å². The van der Waals surface area contributed by atoms with Crippen molar-refractivity contribution in [3.8, 4) is 0 Å². The molecule has 1 aromatic carbocycles. The van der Waals surface area contributed by atoms with E-state index in [9.17, 15) is 4.39 Å². The van der Waals surface area contributed by atoms with Crippen molar-refractivity contribution in [2.75, 3.05) is 17.6 Å². The topological polar surface area (TPSA) is 55.9 Å². The van der Waals surface area contributed by atoms with Gasteiger partial charge in [-0.3, -0.25) is 4.68 Å². The monoisotopic (exact) mass is 248 g/mol. The van der Waals surface area contributed by atoms with Crippen LogP contribution in [0.2, 0.25) is 0 Å². The van der Waals surface area contributed by atoms with E-state index in [1.165, 1.54) is 6.07 Å². The highest BCUT2D eigenvalue weighted by Crippen LogP contribution is 2.22. The summed E-state index contributed by atoms with van der Waals surface area (Å²) in [7, 11) is 0. The predicted molar refractivity (Wildman–Crippen MR) is 70.9 cm³/mol. The smallest absolute Gasteiger partial charge is 0.128 e. The third kappa shape index (κ3) is 3.00. The van der Waals surface area contributed by atoms with Crippen LogP contribution in [0.25, 0.3) is 0 Å². The molecule has 1 aromatic heterocycles. The number of aromatic nitrogens is 2. The second kappa shape index (κ2) is 5.53. The van der Waals surface area contributed by atoms with Crippen LogP contribution in [-0.4, -0.2) is 16.3 Å². The van der Waals surface area contributed by atoms with Crippen LogP contribution in [0.15, 0.2) is 30.6 Å². The van der Waals surface area contributed by atoms with Crippen LogP contribution >= 0.6 is 0 Å². The number of benzene rings is 1. The van der Waals surface area contributed by atoms with Crippen molar-refractivity contribution in [1.82, 2.24) is 9.78 Å². The zero-order valence-corrected chi connectivity index (χ0v) is 10.4. The third-order valence-corrected chi connectivity index (χ3v) is 2.77. The average Bonchev–Trinajstić information content (AvgIpc) is 2.84. The summed E-state index contributed by atoms with van der Waals surface area (Å²) >= 11 is 0. The lowest BCUT2D eigenvalue weighted by atomic mass is 10.2. The van der Waals surface area contributed by atoms with E-state index < -0.39 is 0 Å². The Balaban J connectivity index is 1.85. The molecule has 0 radical (unpaired) electrons. The van der Waals surface area contributed by atoms with Crippen LogP contribution < -0.4 is 11.1 Å². The maximum atomic E-state index is 13.2. The number of nitrogens with zero attached hydrogens (tertiary/aromatic N) is 2. The number of rotatable bonds is 5. The van der Waals surface area contributed by atoms with E-state index in [4.69, 9.17) is 5.73 Å². The predicted octanol–water partition coefficient (Wildman–Crippen LogP) is 2.42. The Labute approximate surface area is 106 Å². The number of nitrogen functional groups attached to an aromatic ring is 1. The van der Waals surface area contributed by atoms with E-state index in [0.717, 1.165) is 25.2 Å².